The van der Waals surface area contributed by atoms with Gasteiger partial charge in [-0.2, -0.15) is 0 Å². The Morgan fingerprint density at radius 1 is 0.556 bits per heavy atom. The fourth-order valence-electron chi connectivity index (χ4n) is 4.10. The number of rotatable bonds is 22. The van der Waals surface area contributed by atoms with Crippen LogP contribution in [0.4, 0.5) is 9.59 Å². The average Bonchev–Trinajstić information content (AvgIpc) is 3.04. The van der Waals surface area contributed by atoms with E-state index in [0.717, 1.165) is 24.0 Å². The van der Waals surface area contributed by atoms with E-state index in [-0.39, 0.29) is 70.5 Å². The molecule has 0 unspecified atom stereocenters. The molecule has 0 atom stereocenters. The van der Waals surface area contributed by atoms with E-state index in [0.29, 0.717) is 26.1 Å². The van der Waals surface area contributed by atoms with Crippen LogP contribution in [0.5, 0.6) is 0 Å². The fraction of sp³-hybridized carbons (Fsp3) is 0.469. The predicted molar refractivity (Wildman–Crippen MR) is 167 cm³/mol. The molecule has 5 N–H and O–H groups in total. The molecule has 0 radical (unpaired) electrons. The number of carboxylic acids is 1. The van der Waals surface area contributed by atoms with Gasteiger partial charge in [0.25, 0.3) is 0 Å². The van der Waals surface area contributed by atoms with Gasteiger partial charge in [0.05, 0.1) is 0 Å². The molecule has 0 fully saturated rings. The van der Waals surface area contributed by atoms with E-state index in [1.54, 1.807) is 0 Å². The first-order valence-corrected chi connectivity index (χ1v) is 15.2. The first kappa shape index (κ1) is 36.5. The fourth-order valence-corrected chi connectivity index (χ4v) is 4.10. The number of nitrogens with zero attached hydrogens (tertiary/aromatic N) is 1. The maximum Gasteiger partial charge on any atom is 0.407 e. The Labute approximate surface area is 264 Å². The van der Waals surface area contributed by atoms with Crippen LogP contribution in [0.3, 0.4) is 0 Å². The second kappa shape index (κ2) is 22.8. The van der Waals surface area contributed by atoms with Gasteiger partial charge in [-0.05, 0) is 30.5 Å². The van der Waals surface area contributed by atoms with Crippen LogP contribution in [-0.4, -0.2) is 85.8 Å². The molecular weight excluding hydrogens is 582 g/mol. The lowest BCUT2D eigenvalue weighted by Crippen LogP contribution is -2.38. The maximum atomic E-state index is 12.4. The highest BCUT2D eigenvalue weighted by Crippen LogP contribution is 2.05. The summed E-state index contributed by atoms with van der Waals surface area (Å²) in [5.74, 6) is -1.22. The van der Waals surface area contributed by atoms with Gasteiger partial charge in [0, 0.05) is 58.5 Å². The second-order valence-electron chi connectivity index (χ2n) is 10.2. The molecule has 2 aromatic carbocycles. The molecule has 2 aromatic rings. The number of nitrogens with one attached hydrogen (secondary N) is 4. The van der Waals surface area contributed by atoms with E-state index in [1.807, 2.05) is 65.6 Å². The summed E-state index contributed by atoms with van der Waals surface area (Å²) in [6.45, 7) is 2.67. The number of alkyl carbamates (subject to hydrolysis) is 2. The lowest BCUT2D eigenvalue weighted by atomic mass is 10.2. The number of hydrogen-bond acceptors (Lipinski definition) is 8. The lowest BCUT2D eigenvalue weighted by Gasteiger charge is -2.22. The Balaban J connectivity index is 1.62. The van der Waals surface area contributed by atoms with Crippen molar-refractivity contribution in [3.05, 3.63) is 71.8 Å². The molecule has 13 nitrogen and oxygen atoms in total. The number of carboxylic acid groups (broad SMARTS) is 1. The zero-order chi connectivity index (χ0) is 32.5. The molecule has 246 valence electrons. The molecule has 0 aromatic heterocycles. The normalized spacial score (nSPS) is 10.5. The van der Waals surface area contributed by atoms with Gasteiger partial charge in [-0.25, -0.2) is 9.59 Å². The minimum atomic E-state index is -0.835. The summed E-state index contributed by atoms with van der Waals surface area (Å²) in [6.07, 6.45) is 1.38. The summed E-state index contributed by atoms with van der Waals surface area (Å²) < 4.78 is 10.3. The number of ether oxygens (including phenoxy) is 2. The molecule has 0 aliphatic carbocycles. The second-order valence-corrected chi connectivity index (χ2v) is 10.2. The molecule has 45 heavy (non-hydrogen) atoms. The summed E-state index contributed by atoms with van der Waals surface area (Å²) in [6, 6.07) is 18.6. The summed E-state index contributed by atoms with van der Waals surface area (Å²) in [5.41, 5.74) is 1.75. The number of amides is 4. The zero-order valence-corrected chi connectivity index (χ0v) is 25.6. The molecule has 0 bridgehead atoms. The minimum Gasteiger partial charge on any atom is -0.481 e. The number of benzene rings is 2. The van der Waals surface area contributed by atoms with Crippen molar-refractivity contribution in [3.63, 3.8) is 0 Å². The average molecular weight is 628 g/mol. The van der Waals surface area contributed by atoms with Crippen LogP contribution in [0.15, 0.2) is 60.7 Å². The van der Waals surface area contributed by atoms with Gasteiger partial charge < -0.3 is 40.7 Å². The van der Waals surface area contributed by atoms with Crippen LogP contribution in [0, 0.1) is 0 Å². The van der Waals surface area contributed by atoms with Gasteiger partial charge in [0.2, 0.25) is 11.8 Å². The van der Waals surface area contributed by atoms with Crippen molar-refractivity contribution in [2.75, 3.05) is 45.8 Å². The molecule has 4 amide bonds. The molecule has 0 spiro atoms. The van der Waals surface area contributed by atoms with E-state index < -0.39 is 18.2 Å². The molecule has 2 rings (SSSR count). The Morgan fingerprint density at radius 3 is 1.44 bits per heavy atom. The summed E-state index contributed by atoms with van der Waals surface area (Å²) in [4.78, 5) is 61.2. The number of carbonyl (C=O) groups is 5. The molecule has 0 heterocycles. The van der Waals surface area contributed by atoms with Crippen LogP contribution in [0.25, 0.3) is 0 Å². The van der Waals surface area contributed by atoms with Crippen molar-refractivity contribution < 1.29 is 38.6 Å². The monoisotopic (exact) mass is 627 g/mol. The number of aliphatic carboxylic acids is 1. The molecule has 0 saturated carbocycles. The van der Waals surface area contributed by atoms with Crippen molar-refractivity contribution in [2.24, 2.45) is 0 Å². The molecular formula is C32H45N5O8. The topological polar surface area (TPSA) is 175 Å². The van der Waals surface area contributed by atoms with Gasteiger partial charge in [-0.15, -0.1) is 0 Å². The highest BCUT2D eigenvalue weighted by Gasteiger charge is 2.12. The smallest absolute Gasteiger partial charge is 0.407 e. The van der Waals surface area contributed by atoms with Gasteiger partial charge in [-0.1, -0.05) is 67.1 Å². The van der Waals surface area contributed by atoms with E-state index in [1.165, 1.54) is 0 Å². The van der Waals surface area contributed by atoms with Gasteiger partial charge in [0.1, 0.15) is 13.2 Å². The first-order valence-electron chi connectivity index (χ1n) is 15.2. The van der Waals surface area contributed by atoms with Crippen LogP contribution in [0.1, 0.15) is 49.7 Å². The quantitative estimate of drug-likeness (QED) is 0.123. The summed E-state index contributed by atoms with van der Waals surface area (Å²) in [7, 11) is 0. The molecule has 13 heteroatoms. The minimum absolute atomic E-state index is 0.104. The third-order valence-electron chi connectivity index (χ3n) is 6.53. The van der Waals surface area contributed by atoms with E-state index in [4.69, 9.17) is 14.6 Å². The van der Waals surface area contributed by atoms with Crippen molar-refractivity contribution in [1.82, 2.24) is 26.2 Å². The van der Waals surface area contributed by atoms with Crippen molar-refractivity contribution in [1.29, 1.82) is 0 Å². The van der Waals surface area contributed by atoms with Crippen LogP contribution < -0.4 is 21.3 Å². The Morgan fingerprint density at radius 2 is 1.00 bits per heavy atom. The third kappa shape index (κ3) is 19.3. The van der Waals surface area contributed by atoms with E-state index in [2.05, 4.69) is 21.3 Å². The summed E-state index contributed by atoms with van der Waals surface area (Å²) >= 11 is 0. The van der Waals surface area contributed by atoms with E-state index in [9.17, 15) is 24.0 Å². The first-order chi connectivity index (χ1) is 21.8. The van der Waals surface area contributed by atoms with Crippen LogP contribution in [0.2, 0.25) is 0 Å². The molecule has 0 saturated heterocycles. The lowest BCUT2D eigenvalue weighted by molar-refractivity contribution is -0.137. The standard InChI is InChI=1S/C32H45N5O8/c38-28(33-17-19-35-31(42)44-24-26-10-4-1-5-11-26)15-22-37(21-9-3-8-14-30(40)41)23-16-29(39)34-18-20-36-32(43)45-25-27-12-6-2-7-13-27/h1-2,4-7,10-13H,3,8-9,14-25H2,(H,33,38)(H,34,39)(H,35,42)(H,36,43)(H,40,41). The Bertz CT molecular complexity index is 1090. The largest absolute Gasteiger partial charge is 0.481 e. The van der Waals surface area contributed by atoms with Gasteiger partial charge in [-0.3, -0.25) is 14.4 Å². The van der Waals surface area contributed by atoms with Crippen molar-refractivity contribution in [3.8, 4) is 0 Å². The SMILES string of the molecule is O=C(O)CCCCCN(CCC(=O)NCCNC(=O)OCc1ccccc1)CCC(=O)NCCNC(=O)OCc1ccccc1. The predicted octanol–water partition coefficient (Wildman–Crippen LogP) is 2.80. The number of hydrogen-bond donors (Lipinski definition) is 5. The van der Waals surface area contributed by atoms with Crippen LogP contribution >= 0.6 is 0 Å². The zero-order valence-electron chi connectivity index (χ0n) is 25.6. The highest BCUT2D eigenvalue weighted by atomic mass is 16.6. The van der Waals surface area contributed by atoms with Gasteiger partial charge >= 0.3 is 18.2 Å². The summed E-state index contributed by atoms with van der Waals surface area (Å²) in [5, 5.41) is 19.5. The maximum absolute atomic E-state index is 12.4. The van der Waals surface area contributed by atoms with Gasteiger partial charge in [0.15, 0.2) is 0 Å². The number of unbranched alkanes of at least 4 members (excludes halogenated alkanes) is 2. The van der Waals surface area contributed by atoms with Crippen molar-refractivity contribution >= 4 is 30.0 Å². The Kier molecular flexibility index (Phi) is 18.5. The number of carbonyl (C=O) groups excluding carboxylic acids is 4. The highest BCUT2D eigenvalue weighted by molar-refractivity contribution is 5.77. The third-order valence-corrected chi connectivity index (χ3v) is 6.53. The molecule has 0 aliphatic rings. The Hall–Kier alpha value is -4.65. The van der Waals surface area contributed by atoms with Crippen LogP contribution in [-0.2, 0) is 37.1 Å². The molecule has 0 aliphatic heterocycles. The van der Waals surface area contributed by atoms with Crippen molar-refractivity contribution in [2.45, 2.75) is 51.7 Å². The van der Waals surface area contributed by atoms with E-state index >= 15 is 0 Å².